The first kappa shape index (κ1) is 23.5. The molecule has 4 heterocycles. The molecule has 174 valence electrons. The van der Waals surface area contributed by atoms with Crippen molar-refractivity contribution >= 4 is 11.9 Å². The molecule has 1 amide bonds. The first-order valence-corrected chi connectivity index (χ1v) is 9.97. The molecule has 4 rings (SSSR count). The van der Waals surface area contributed by atoms with Gasteiger partial charge in [0.25, 0.3) is 0 Å². The normalized spacial score (nSPS) is 18.8. The average Bonchev–Trinajstić information content (AvgIpc) is 3.27. The molecule has 1 fully saturated rings. The summed E-state index contributed by atoms with van der Waals surface area (Å²) in [5, 5.41) is 7.12. The zero-order valence-corrected chi connectivity index (χ0v) is 17.1. The van der Waals surface area contributed by atoms with Crippen molar-refractivity contribution in [3.63, 3.8) is 0 Å². The number of carbonyl (C=O) groups excluding carboxylic acids is 1. The minimum Gasteiger partial charge on any atom is -0.475 e. The number of nitrogens with zero attached hydrogens (tertiary/aromatic N) is 4. The summed E-state index contributed by atoms with van der Waals surface area (Å²) in [5.41, 5.74) is 1.04. The van der Waals surface area contributed by atoms with Crippen LogP contribution in [-0.4, -0.2) is 69.0 Å². The molecule has 1 N–H and O–H groups in total. The zero-order valence-electron chi connectivity index (χ0n) is 17.1. The molecule has 2 aliphatic heterocycles. The molecule has 0 bridgehead atoms. The van der Waals surface area contributed by atoms with Gasteiger partial charge >= 0.3 is 12.1 Å². The van der Waals surface area contributed by atoms with Crippen molar-refractivity contribution < 1.29 is 37.3 Å². The highest BCUT2D eigenvalue weighted by Gasteiger charge is 2.38. The predicted molar refractivity (Wildman–Crippen MR) is 104 cm³/mol. The number of aliphatic carboxylic acids is 1. The van der Waals surface area contributed by atoms with Gasteiger partial charge in [0, 0.05) is 44.1 Å². The van der Waals surface area contributed by atoms with Gasteiger partial charge in [0.2, 0.25) is 11.8 Å². The number of fused-ring (bicyclic) bond motifs is 1. The third-order valence-corrected chi connectivity index (χ3v) is 5.11. The molecule has 0 spiro atoms. The van der Waals surface area contributed by atoms with E-state index in [9.17, 15) is 18.0 Å². The fraction of sp³-hybridized carbons (Fsp3) is 0.500. The van der Waals surface area contributed by atoms with Crippen LogP contribution in [0.3, 0.4) is 0 Å². The highest BCUT2D eigenvalue weighted by Crippen LogP contribution is 2.26. The number of carboxylic acids is 1. The second-order valence-electron chi connectivity index (χ2n) is 7.33. The summed E-state index contributed by atoms with van der Waals surface area (Å²) in [6.45, 7) is 3.05. The third kappa shape index (κ3) is 6.19. The van der Waals surface area contributed by atoms with Crippen LogP contribution in [0.2, 0.25) is 0 Å². The van der Waals surface area contributed by atoms with Gasteiger partial charge in [0.15, 0.2) is 0 Å². The van der Waals surface area contributed by atoms with Gasteiger partial charge < -0.3 is 24.0 Å². The van der Waals surface area contributed by atoms with Crippen LogP contribution >= 0.6 is 0 Å². The number of imidazole rings is 1. The molecule has 0 radical (unpaired) electrons. The maximum atomic E-state index is 12.9. The van der Waals surface area contributed by atoms with Gasteiger partial charge in [-0.25, -0.2) is 14.8 Å². The van der Waals surface area contributed by atoms with Gasteiger partial charge in [-0.05, 0) is 18.9 Å². The first-order valence-electron chi connectivity index (χ1n) is 9.97. The minimum atomic E-state index is -5.08. The summed E-state index contributed by atoms with van der Waals surface area (Å²) >= 11 is 0. The Morgan fingerprint density at radius 1 is 1.25 bits per heavy atom. The molecule has 1 unspecified atom stereocenters. The largest absolute Gasteiger partial charge is 0.490 e. The maximum Gasteiger partial charge on any atom is 0.490 e. The van der Waals surface area contributed by atoms with Gasteiger partial charge in [0.1, 0.15) is 6.61 Å². The molecule has 2 aromatic rings. The number of pyridine rings is 1. The fourth-order valence-electron chi connectivity index (χ4n) is 3.50. The second-order valence-corrected chi connectivity index (χ2v) is 7.33. The Morgan fingerprint density at radius 2 is 1.97 bits per heavy atom. The van der Waals surface area contributed by atoms with E-state index >= 15 is 0 Å². The number of carboxylic acid groups (broad SMARTS) is 1. The van der Waals surface area contributed by atoms with Crippen LogP contribution in [0.4, 0.5) is 13.2 Å². The number of aromatic nitrogens is 3. The van der Waals surface area contributed by atoms with Gasteiger partial charge in [-0.2, -0.15) is 13.2 Å². The number of rotatable bonds is 4. The topological polar surface area (TPSA) is 107 Å². The van der Waals surface area contributed by atoms with Gasteiger partial charge in [-0.3, -0.25) is 4.79 Å². The lowest BCUT2D eigenvalue weighted by atomic mass is 9.98. The van der Waals surface area contributed by atoms with Gasteiger partial charge in [0.05, 0.1) is 24.6 Å². The molecule has 1 atom stereocenters. The average molecular weight is 456 g/mol. The van der Waals surface area contributed by atoms with Crippen LogP contribution < -0.4 is 4.74 Å². The molecule has 0 aromatic carbocycles. The Hall–Kier alpha value is -3.15. The first-order chi connectivity index (χ1) is 15.3. The second kappa shape index (κ2) is 10.4. The maximum absolute atomic E-state index is 12.9. The van der Waals surface area contributed by atoms with Crippen LogP contribution in [0.25, 0.3) is 0 Å². The summed E-state index contributed by atoms with van der Waals surface area (Å²) in [4.78, 5) is 32.2. The molecule has 0 saturated carbocycles. The summed E-state index contributed by atoms with van der Waals surface area (Å²) in [6.07, 6.45) is 1.89. The van der Waals surface area contributed by atoms with Crippen molar-refractivity contribution in [3.8, 4) is 5.88 Å². The Labute approximate surface area is 181 Å². The van der Waals surface area contributed by atoms with Crippen LogP contribution in [0.15, 0.2) is 36.9 Å². The van der Waals surface area contributed by atoms with Crippen molar-refractivity contribution in [1.82, 2.24) is 19.4 Å². The highest BCUT2D eigenvalue weighted by molar-refractivity contribution is 5.79. The predicted octanol–water partition coefficient (Wildman–Crippen LogP) is 2.30. The van der Waals surface area contributed by atoms with Crippen molar-refractivity contribution in [1.29, 1.82) is 0 Å². The van der Waals surface area contributed by atoms with Crippen LogP contribution in [-0.2, 0) is 20.9 Å². The summed E-state index contributed by atoms with van der Waals surface area (Å²) in [7, 11) is 0. The smallest absolute Gasteiger partial charge is 0.475 e. The van der Waals surface area contributed by atoms with E-state index in [0.29, 0.717) is 38.8 Å². The molecule has 9 nitrogen and oxygen atoms in total. The quantitative estimate of drug-likeness (QED) is 0.752. The third-order valence-electron chi connectivity index (χ3n) is 5.11. The van der Waals surface area contributed by atoms with Crippen molar-refractivity contribution in [2.24, 2.45) is 5.92 Å². The molecule has 32 heavy (non-hydrogen) atoms. The number of hydrogen-bond acceptors (Lipinski definition) is 6. The number of carbonyl (C=O) groups is 2. The van der Waals surface area contributed by atoms with Crippen molar-refractivity contribution in [3.05, 3.63) is 42.6 Å². The van der Waals surface area contributed by atoms with E-state index in [0.717, 1.165) is 18.5 Å². The molecule has 0 aliphatic carbocycles. The van der Waals surface area contributed by atoms with E-state index in [1.165, 1.54) is 0 Å². The number of amides is 1. The summed E-state index contributed by atoms with van der Waals surface area (Å²) in [6, 6.07) is 5.63. The number of hydrogen-bond donors (Lipinski definition) is 1. The SMILES string of the molecule is O=C(C1CCOCC1)N1Cc2cncn2C(COc2ccccn2)C1.O=C(O)C(F)(F)F. The Morgan fingerprint density at radius 3 is 2.59 bits per heavy atom. The fourth-order valence-corrected chi connectivity index (χ4v) is 3.50. The molecule has 2 aliphatic rings. The molecular formula is C20H23F3N4O5. The number of halogens is 3. The molecule has 12 heteroatoms. The van der Waals surface area contributed by atoms with Crippen molar-refractivity contribution in [2.45, 2.75) is 31.6 Å². The Kier molecular flexibility index (Phi) is 7.67. The number of alkyl halides is 3. The van der Waals surface area contributed by atoms with E-state index in [-0.39, 0.29) is 17.9 Å². The Balaban J connectivity index is 0.000000360. The van der Waals surface area contributed by atoms with Crippen molar-refractivity contribution in [2.75, 3.05) is 26.4 Å². The lowest BCUT2D eigenvalue weighted by molar-refractivity contribution is -0.192. The number of ether oxygens (including phenoxy) is 2. The van der Waals surface area contributed by atoms with Crippen LogP contribution in [0.1, 0.15) is 24.6 Å². The van der Waals surface area contributed by atoms with Gasteiger partial charge in [-0.1, -0.05) is 6.07 Å². The highest BCUT2D eigenvalue weighted by atomic mass is 19.4. The lowest BCUT2D eigenvalue weighted by Crippen LogP contribution is -2.45. The van der Waals surface area contributed by atoms with Gasteiger partial charge in [-0.15, -0.1) is 0 Å². The minimum absolute atomic E-state index is 0.0389. The summed E-state index contributed by atoms with van der Waals surface area (Å²) < 4.78 is 45.0. The molecule has 1 saturated heterocycles. The standard InChI is InChI=1S/C18H22N4O3.C2HF3O2/c23-18(14-4-7-24-8-5-14)21-10-15-9-19-13-22(15)16(11-21)12-25-17-3-1-2-6-20-17;3-2(4,5)1(6)7/h1-3,6,9,13-14,16H,4-5,7-8,10-12H2;(H,6,7). The monoisotopic (exact) mass is 456 g/mol. The molecular weight excluding hydrogens is 433 g/mol. The van der Waals surface area contributed by atoms with E-state index in [2.05, 4.69) is 14.5 Å². The molecule has 2 aromatic heterocycles. The lowest BCUT2D eigenvalue weighted by Gasteiger charge is -2.36. The zero-order chi connectivity index (χ0) is 23.1. The van der Waals surface area contributed by atoms with E-state index in [1.807, 2.05) is 35.6 Å². The van der Waals surface area contributed by atoms with E-state index in [4.69, 9.17) is 19.4 Å². The van der Waals surface area contributed by atoms with Crippen LogP contribution in [0, 0.1) is 5.92 Å². The Bertz CT molecular complexity index is 900. The van der Waals surface area contributed by atoms with E-state index < -0.39 is 12.1 Å². The van der Waals surface area contributed by atoms with Crippen LogP contribution in [0.5, 0.6) is 5.88 Å². The van der Waals surface area contributed by atoms with E-state index in [1.54, 1.807) is 6.20 Å². The summed E-state index contributed by atoms with van der Waals surface area (Å²) in [5.74, 6) is -1.87.